The summed E-state index contributed by atoms with van der Waals surface area (Å²) in [6, 6.07) is 10.0. The molecule has 0 spiro atoms. The van der Waals surface area contributed by atoms with Gasteiger partial charge in [-0.25, -0.2) is 31.2 Å². The summed E-state index contributed by atoms with van der Waals surface area (Å²) in [5, 5.41) is 6.42. The zero-order valence-corrected chi connectivity index (χ0v) is 18.5. The van der Waals surface area contributed by atoms with Gasteiger partial charge in [0.25, 0.3) is 14.9 Å². The molecule has 4 aromatic rings. The molecule has 3 aromatic heterocycles. The molecule has 0 unspecified atom stereocenters. The largest absolute Gasteiger partial charge is 0.423 e. The summed E-state index contributed by atoms with van der Waals surface area (Å²) in [7, 11) is -7.95. The first-order chi connectivity index (χ1) is 15.1. The summed E-state index contributed by atoms with van der Waals surface area (Å²) in [6.45, 7) is 0. The number of aromatic nitrogens is 4. The van der Waals surface area contributed by atoms with Gasteiger partial charge in [0.15, 0.2) is 19.9 Å². The SMILES string of the molecule is CS(=O)(=O)c1ccc(-c2nc(-c3ccc(F)cc3)oc2S(=O)(=O)c2ccc(Cl)cn2)nn1. The Morgan fingerprint density at radius 1 is 0.906 bits per heavy atom. The van der Waals surface area contributed by atoms with Gasteiger partial charge in [0, 0.05) is 18.0 Å². The summed E-state index contributed by atoms with van der Waals surface area (Å²) in [6.07, 6.45) is 2.12. The number of hydrogen-bond acceptors (Lipinski definition) is 9. The average Bonchev–Trinajstić information content (AvgIpc) is 3.20. The fraction of sp³-hybridized carbons (Fsp3) is 0.0526. The number of pyridine rings is 1. The van der Waals surface area contributed by atoms with E-state index in [-0.39, 0.29) is 32.4 Å². The summed E-state index contributed by atoms with van der Waals surface area (Å²) in [5.41, 5.74) is 0.0366. The Morgan fingerprint density at radius 2 is 1.59 bits per heavy atom. The van der Waals surface area contributed by atoms with E-state index in [0.29, 0.717) is 5.56 Å². The highest BCUT2D eigenvalue weighted by molar-refractivity contribution is 7.91. The van der Waals surface area contributed by atoms with Gasteiger partial charge in [0.05, 0.1) is 5.02 Å². The fourth-order valence-electron chi connectivity index (χ4n) is 2.63. The van der Waals surface area contributed by atoms with Gasteiger partial charge >= 0.3 is 0 Å². The van der Waals surface area contributed by atoms with Crippen LogP contribution >= 0.6 is 11.6 Å². The maximum Gasteiger partial charge on any atom is 0.259 e. The second kappa shape index (κ2) is 8.04. The number of oxazole rings is 1. The first-order valence-electron chi connectivity index (χ1n) is 8.73. The van der Waals surface area contributed by atoms with Gasteiger partial charge in [-0.3, -0.25) is 0 Å². The third-order valence-electron chi connectivity index (χ3n) is 4.17. The molecule has 0 bridgehead atoms. The molecule has 0 amide bonds. The Labute approximate surface area is 186 Å². The van der Waals surface area contributed by atoms with Gasteiger partial charge in [-0.05, 0) is 48.5 Å². The molecule has 164 valence electrons. The van der Waals surface area contributed by atoms with E-state index in [0.717, 1.165) is 24.6 Å². The van der Waals surface area contributed by atoms with Crippen LogP contribution in [0.1, 0.15) is 0 Å². The lowest BCUT2D eigenvalue weighted by Crippen LogP contribution is -2.06. The van der Waals surface area contributed by atoms with E-state index in [1.54, 1.807) is 0 Å². The number of hydrogen-bond donors (Lipinski definition) is 0. The van der Waals surface area contributed by atoms with E-state index in [1.165, 1.54) is 36.4 Å². The molecule has 0 saturated heterocycles. The van der Waals surface area contributed by atoms with Crippen molar-refractivity contribution in [2.45, 2.75) is 15.1 Å². The predicted molar refractivity (Wildman–Crippen MR) is 111 cm³/mol. The van der Waals surface area contributed by atoms with Crippen molar-refractivity contribution < 1.29 is 25.6 Å². The van der Waals surface area contributed by atoms with Crippen LogP contribution in [0.4, 0.5) is 4.39 Å². The summed E-state index contributed by atoms with van der Waals surface area (Å²) in [5.74, 6) is -0.623. The van der Waals surface area contributed by atoms with Crippen molar-refractivity contribution in [2.24, 2.45) is 0 Å². The third kappa shape index (κ3) is 4.24. The lowest BCUT2D eigenvalue weighted by molar-refractivity contribution is 0.458. The molecule has 32 heavy (non-hydrogen) atoms. The fourth-order valence-corrected chi connectivity index (χ4v) is 4.46. The molecule has 13 heteroatoms. The van der Waals surface area contributed by atoms with E-state index >= 15 is 0 Å². The Morgan fingerprint density at radius 3 is 2.16 bits per heavy atom. The van der Waals surface area contributed by atoms with Crippen molar-refractivity contribution in [1.82, 2.24) is 20.2 Å². The Kier molecular flexibility index (Phi) is 5.53. The van der Waals surface area contributed by atoms with Crippen molar-refractivity contribution in [2.75, 3.05) is 6.26 Å². The van der Waals surface area contributed by atoms with Gasteiger partial charge in [-0.15, -0.1) is 10.2 Å². The van der Waals surface area contributed by atoms with Crippen molar-refractivity contribution in [1.29, 1.82) is 0 Å². The number of rotatable bonds is 5. The van der Waals surface area contributed by atoms with Crippen LogP contribution in [-0.4, -0.2) is 43.3 Å². The number of sulfone groups is 2. The Bertz CT molecular complexity index is 1500. The molecule has 9 nitrogen and oxygen atoms in total. The van der Waals surface area contributed by atoms with Crippen LogP contribution in [0.25, 0.3) is 22.8 Å². The van der Waals surface area contributed by atoms with Crippen LogP contribution in [0.5, 0.6) is 0 Å². The summed E-state index contributed by atoms with van der Waals surface area (Å²) >= 11 is 5.79. The number of benzene rings is 1. The molecule has 0 aliphatic rings. The lowest BCUT2D eigenvalue weighted by atomic mass is 10.2. The minimum Gasteiger partial charge on any atom is -0.423 e. The molecule has 0 fully saturated rings. The van der Waals surface area contributed by atoms with Crippen LogP contribution in [0, 0.1) is 5.82 Å². The quantitative estimate of drug-likeness (QED) is 0.410. The number of halogens is 2. The number of nitrogens with zero attached hydrogens (tertiary/aromatic N) is 4. The average molecular weight is 495 g/mol. The van der Waals surface area contributed by atoms with Crippen LogP contribution in [0.3, 0.4) is 0 Å². The molecule has 0 radical (unpaired) electrons. The van der Waals surface area contributed by atoms with E-state index in [4.69, 9.17) is 16.0 Å². The molecule has 0 aliphatic carbocycles. The maximum absolute atomic E-state index is 13.3. The van der Waals surface area contributed by atoms with Crippen molar-refractivity contribution in [3.8, 4) is 22.8 Å². The molecule has 4 rings (SSSR count). The smallest absolute Gasteiger partial charge is 0.259 e. The van der Waals surface area contributed by atoms with E-state index in [2.05, 4.69) is 20.2 Å². The molecular weight excluding hydrogens is 483 g/mol. The first-order valence-corrected chi connectivity index (χ1v) is 12.5. The second-order valence-electron chi connectivity index (χ2n) is 6.51. The highest BCUT2D eigenvalue weighted by atomic mass is 35.5. The molecular formula is C19H12ClFN4O5S2. The van der Waals surface area contributed by atoms with Crippen molar-refractivity contribution >= 4 is 31.3 Å². The lowest BCUT2D eigenvalue weighted by Gasteiger charge is -2.03. The molecule has 0 aliphatic heterocycles. The molecule has 3 heterocycles. The minimum atomic E-state index is -4.33. The van der Waals surface area contributed by atoms with Crippen LogP contribution in [-0.2, 0) is 19.7 Å². The molecule has 0 N–H and O–H groups in total. The Hall–Kier alpha value is -3.22. The van der Waals surface area contributed by atoms with Crippen molar-refractivity contribution in [3.05, 3.63) is 65.6 Å². The molecule has 0 saturated carbocycles. The zero-order valence-electron chi connectivity index (χ0n) is 16.1. The highest BCUT2D eigenvalue weighted by Crippen LogP contribution is 2.34. The van der Waals surface area contributed by atoms with Gasteiger partial charge in [-0.2, -0.15) is 0 Å². The second-order valence-corrected chi connectivity index (χ2v) is 10.7. The van der Waals surface area contributed by atoms with Gasteiger partial charge in [0.1, 0.15) is 17.2 Å². The van der Waals surface area contributed by atoms with E-state index in [9.17, 15) is 21.2 Å². The summed E-state index contributed by atoms with van der Waals surface area (Å²) < 4.78 is 68.6. The monoisotopic (exact) mass is 494 g/mol. The predicted octanol–water partition coefficient (Wildman–Crippen LogP) is 3.22. The summed E-state index contributed by atoms with van der Waals surface area (Å²) in [4.78, 5) is 8.04. The maximum atomic E-state index is 13.3. The molecule has 0 atom stereocenters. The topological polar surface area (TPSA) is 133 Å². The zero-order chi connectivity index (χ0) is 23.1. The van der Waals surface area contributed by atoms with Crippen molar-refractivity contribution in [3.63, 3.8) is 0 Å². The van der Waals surface area contributed by atoms with E-state index in [1.807, 2.05) is 0 Å². The van der Waals surface area contributed by atoms with Gasteiger partial charge in [-0.1, -0.05) is 11.6 Å². The third-order valence-corrected chi connectivity index (χ3v) is 6.93. The van der Waals surface area contributed by atoms with Crippen LogP contribution in [0.15, 0.2) is 74.3 Å². The van der Waals surface area contributed by atoms with Crippen LogP contribution in [0.2, 0.25) is 5.02 Å². The highest BCUT2D eigenvalue weighted by Gasteiger charge is 2.31. The van der Waals surface area contributed by atoms with Crippen LogP contribution < -0.4 is 0 Å². The Balaban J connectivity index is 1.91. The normalized spacial score (nSPS) is 12.1. The standard InChI is InChI=1S/C19H12ClFN4O5S2/c1-31(26,27)16-9-7-14(24-25-16)17-19(32(28,29)15-8-4-12(20)10-22-15)30-18(23-17)11-2-5-13(21)6-3-11/h2-10H,1H3. The van der Waals surface area contributed by atoms with E-state index < -0.39 is 30.6 Å². The first kappa shape index (κ1) is 22.0. The van der Waals surface area contributed by atoms with Gasteiger partial charge in [0.2, 0.25) is 5.89 Å². The minimum absolute atomic E-state index is 0.0537. The molecule has 1 aromatic carbocycles. The van der Waals surface area contributed by atoms with Gasteiger partial charge < -0.3 is 4.42 Å².